The molecule has 0 saturated heterocycles. The molecule has 0 saturated carbocycles. The van der Waals surface area contributed by atoms with Crippen LogP contribution in [0.1, 0.15) is 31.8 Å². The minimum absolute atomic E-state index is 0.0727. The molecule has 0 fully saturated rings. The van der Waals surface area contributed by atoms with Crippen LogP contribution >= 0.6 is 0 Å². The summed E-state index contributed by atoms with van der Waals surface area (Å²) in [4.78, 5) is 24.2. The lowest BCUT2D eigenvalue weighted by Crippen LogP contribution is -2.22. The van der Waals surface area contributed by atoms with Crippen LogP contribution in [-0.2, 0) is 6.54 Å². The van der Waals surface area contributed by atoms with E-state index in [1.807, 2.05) is 61.5 Å². The van der Waals surface area contributed by atoms with E-state index in [2.05, 4.69) is 10.6 Å². The third-order valence-electron chi connectivity index (χ3n) is 4.38. The largest absolute Gasteiger partial charge is 0.348 e. The van der Waals surface area contributed by atoms with Crippen LogP contribution in [0.15, 0.2) is 54.6 Å². The summed E-state index contributed by atoms with van der Waals surface area (Å²) in [5.41, 5.74) is 4.28. The SMILES string of the molecule is Cc1ccc(C(=O)NCc2ccc3c4c(cccc24)C(=O)N3)cc1. The molecule has 1 aliphatic rings. The van der Waals surface area contributed by atoms with Crippen LogP contribution in [0.25, 0.3) is 10.8 Å². The zero-order valence-electron chi connectivity index (χ0n) is 13.2. The van der Waals surface area contributed by atoms with E-state index in [9.17, 15) is 9.59 Å². The van der Waals surface area contributed by atoms with Crippen molar-refractivity contribution in [2.45, 2.75) is 13.5 Å². The monoisotopic (exact) mass is 316 g/mol. The molecular formula is C20H16N2O2. The quantitative estimate of drug-likeness (QED) is 0.775. The minimum atomic E-state index is -0.104. The molecule has 0 spiro atoms. The predicted octanol–water partition coefficient (Wildman–Crippen LogP) is 3.64. The summed E-state index contributed by atoms with van der Waals surface area (Å²) < 4.78 is 0. The molecule has 4 nitrogen and oxygen atoms in total. The number of amides is 2. The summed E-state index contributed by atoms with van der Waals surface area (Å²) in [5, 5.41) is 7.75. The van der Waals surface area contributed by atoms with Crippen molar-refractivity contribution in [3.63, 3.8) is 0 Å². The van der Waals surface area contributed by atoms with E-state index in [-0.39, 0.29) is 11.8 Å². The van der Waals surface area contributed by atoms with Crippen LogP contribution in [0.3, 0.4) is 0 Å². The van der Waals surface area contributed by atoms with Crippen molar-refractivity contribution >= 4 is 28.3 Å². The predicted molar refractivity (Wildman–Crippen MR) is 94.3 cm³/mol. The van der Waals surface area contributed by atoms with Gasteiger partial charge in [-0.25, -0.2) is 0 Å². The van der Waals surface area contributed by atoms with Gasteiger partial charge in [-0.2, -0.15) is 0 Å². The molecule has 118 valence electrons. The van der Waals surface area contributed by atoms with Crippen molar-refractivity contribution in [1.29, 1.82) is 0 Å². The fourth-order valence-corrected chi connectivity index (χ4v) is 3.09. The summed E-state index contributed by atoms with van der Waals surface area (Å²) in [6.45, 7) is 2.41. The van der Waals surface area contributed by atoms with Gasteiger partial charge in [0, 0.05) is 28.7 Å². The smallest absolute Gasteiger partial charge is 0.256 e. The zero-order valence-corrected chi connectivity index (χ0v) is 13.2. The van der Waals surface area contributed by atoms with Crippen LogP contribution < -0.4 is 10.6 Å². The molecule has 0 atom stereocenters. The van der Waals surface area contributed by atoms with Gasteiger partial charge in [-0.1, -0.05) is 35.9 Å². The van der Waals surface area contributed by atoms with Crippen LogP contribution in [0.2, 0.25) is 0 Å². The van der Waals surface area contributed by atoms with Gasteiger partial charge in [-0.15, -0.1) is 0 Å². The van der Waals surface area contributed by atoms with Gasteiger partial charge in [-0.05, 0) is 42.1 Å². The Bertz CT molecular complexity index is 975. The lowest BCUT2D eigenvalue weighted by atomic mass is 10.0. The molecule has 3 aromatic rings. The Hall–Kier alpha value is -3.14. The van der Waals surface area contributed by atoms with Gasteiger partial charge in [0.25, 0.3) is 11.8 Å². The highest BCUT2D eigenvalue weighted by molar-refractivity contribution is 6.24. The molecule has 4 rings (SSSR count). The van der Waals surface area contributed by atoms with Gasteiger partial charge in [-0.3, -0.25) is 9.59 Å². The van der Waals surface area contributed by atoms with Crippen LogP contribution in [-0.4, -0.2) is 11.8 Å². The first kappa shape index (κ1) is 14.5. The molecule has 1 aliphatic heterocycles. The first-order chi connectivity index (χ1) is 11.6. The number of rotatable bonds is 3. The van der Waals surface area contributed by atoms with Crippen LogP contribution in [0, 0.1) is 6.92 Å². The average molecular weight is 316 g/mol. The number of aryl methyl sites for hydroxylation is 1. The van der Waals surface area contributed by atoms with Gasteiger partial charge in [0.2, 0.25) is 0 Å². The highest BCUT2D eigenvalue weighted by Gasteiger charge is 2.22. The summed E-state index contributed by atoms with van der Waals surface area (Å²) in [5.74, 6) is -0.177. The Morgan fingerprint density at radius 2 is 1.83 bits per heavy atom. The number of carbonyl (C=O) groups excluding carboxylic acids is 2. The van der Waals surface area contributed by atoms with E-state index in [1.54, 1.807) is 0 Å². The summed E-state index contributed by atoms with van der Waals surface area (Å²) in [6, 6.07) is 17.0. The number of nitrogens with one attached hydrogen (secondary N) is 2. The topological polar surface area (TPSA) is 58.2 Å². The molecule has 4 heteroatoms. The molecule has 0 radical (unpaired) electrons. The van der Waals surface area contributed by atoms with Gasteiger partial charge in [0.1, 0.15) is 0 Å². The van der Waals surface area contributed by atoms with Gasteiger partial charge in [0.05, 0.1) is 0 Å². The highest BCUT2D eigenvalue weighted by Crippen LogP contribution is 2.34. The highest BCUT2D eigenvalue weighted by atomic mass is 16.2. The van der Waals surface area contributed by atoms with Crippen molar-refractivity contribution in [2.24, 2.45) is 0 Å². The number of hydrogen-bond donors (Lipinski definition) is 2. The maximum Gasteiger partial charge on any atom is 0.256 e. The third kappa shape index (κ3) is 2.33. The number of carbonyl (C=O) groups is 2. The molecule has 24 heavy (non-hydrogen) atoms. The third-order valence-corrected chi connectivity index (χ3v) is 4.38. The molecule has 0 bridgehead atoms. The molecule has 2 N–H and O–H groups in total. The minimum Gasteiger partial charge on any atom is -0.348 e. The van der Waals surface area contributed by atoms with Gasteiger partial charge in [0.15, 0.2) is 0 Å². The zero-order chi connectivity index (χ0) is 16.7. The molecule has 1 heterocycles. The molecule has 3 aromatic carbocycles. The van der Waals surface area contributed by atoms with E-state index in [1.165, 1.54) is 0 Å². The molecule has 0 aliphatic carbocycles. The van der Waals surface area contributed by atoms with Crippen LogP contribution in [0.4, 0.5) is 5.69 Å². The van der Waals surface area contributed by atoms with Crippen molar-refractivity contribution in [3.8, 4) is 0 Å². The summed E-state index contributed by atoms with van der Waals surface area (Å²) in [6.07, 6.45) is 0. The fourth-order valence-electron chi connectivity index (χ4n) is 3.09. The lowest BCUT2D eigenvalue weighted by Gasteiger charge is -2.10. The first-order valence-corrected chi connectivity index (χ1v) is 7.84. The molecule has 2 amide bonds. The second kappa shape index (κ2) is 5.49. The summed E-state index contributed by atoms with van der Waals surface area (Å²) in [7, 11) is 0. The first-order valence-electron chi connectivity index (χ1n) is 7.84. The van der Waals surface area contributed by atoms with E-state index >= 15 is 0 Å². The average Bonchev–Trinajstić information content (AvgIpc) is 2.92. The Morgan fingerprint density at radius 1 is 1.04 bits per heavy atom. The van der Waals surface area contributed by atoms with E-state index in [0.29, 0.717) is 17.7 Å². The fraction of sp³-hybridized carbons (Fsp3) is 0.100. The molecule has 0 unspecified atom stereocenters. The second-order valence-electron chi connectivity index (χ2n) is 6.00. The number of hydrogen-bond acceptors (Lipinski definition) is 2. The van der Waals surface area contributed by atoms with Crippen LogP contribution in [0.5, 0.6) is 0 Å². The van der Waals surface area contributed by atoms with Crippen molar-refractivity contribution < 1.29 is 9.59 Å². The van der Waals surface area contributed by atoms with E-state index in [4.69, 9.17) is 0 Å². The second-order valence-corrected chi connectivity index (χ2v) is 6.00. The van der Waals surface area contributed by atoms with Gasteiger partial charge >= 0.3 is 0 Å². The van der Waals surface area contributed by atoms with Gasteiger partial charge < -0.3 is 10.6 Å². The number of anilines is 1. The number of benzene rings is 3. The molecule has 0 aromatic heterocycles. The maximum atomic E-state index is 12.3. The standard InChI is InChI=1S/C20H16N2O2/c1-12-5-7-13(8-6-12)19(23)21-11-14-9-10-17-18-15(14)3-2-4-16(18)20(24)22-17/h2-10H,11H2,1H3,(H,21,23)(H,22,24). The van der Waals surface area contributed by atoms with Crippen molar-refractivity contribution in [1.82, 2.24) is 5.32 Å². The maximum absolute atomic E-state index is 12.3. The van der Waals surface area contributed by atoms with Crippen molar-refractivity contribution in [2.75, 3.05) is 5.32 Å². The Kier molecular flexibility index (Phi) is 3.31. The van der Waals surface area contributed by atoms with Crippen molar-refractivity contribution in [3.05, 3.63) is 76.9 Å². The Labute approximate surface area is 139 Å². The van der Waals surface area contributed by atoms with E-state index in [0.717, 1.165) is 27.6 Å². The Balaban J connectivity index is 1.62. The molecular weight excluding hydrogens is 300 g/mol. The normalized spacial score (nSPS) is 12.3. The lowest BCUT2D eigenvalue weighted by molar-refractivity contribution is 0.0950. The Morgan fingerprint density at radius 3 is 2.62 bits per heavy atom. The summed E-state index contributed by atoms with van der Waals surface area (Å²) >= 11 is 0. The van der Waals surface area contributed by atoms with E-state index < -0.39 is 0 Å².